The molecule has 21 aromatic rings. The van der Waals surface area contributed by atoms with Gasteiger partial charge in [0.25, 0.3) is 0 Å². The molecule has 506 valence electrons. The molecule has 11 heteroatoms. The van der Waals surface area contributed by atoms with Crippen molar-refractivity contribution in [3.63, 3.8) is 0 Å². The molecule has 0 fully saturated rings. The predicted octanol–water partition coefficient (Wildman–Crippen LogP) is 26.1. The summed E-state index contributed by atoms with van der Waals surface area (Å²) in [6.45, 7) is 2.15. The lowest BCUT2D eigenvalue weighted by molar-refractivity contribution is 1.07. The monoisotopic (exact) mass is 1430 g/mol. The zero-order valence-electron chi connectivity index (χ0n) is 58.2. The summed E-state index contributed by atoms with van der Waals surface area (Å²) in [5, 5.41) is 9.60. The highest BCUT2D eigenvalue weighted by Gasteiger charge is 2.33. The molecule has 1 aliphatic rings. The van der Waals surface area contributed by atoms with Gasteiger partial charge >= 0.3 is 0 Å². The summed E-state index contributed by atoms with van der Waals surface area (Å²) in [4.78, 5) is 35.5. The Morgan fingerprint density at radius 2 is 0.685 bits per heavy atom. The molecule has 0 saturated heterocycles. The zero-order valence-corrected chi connectivity index (χ0v) is 60.7. The lowest BCUT2D eigenvalue weighted by Gasteiger charge is -2.20. The standard InChI is InChI=1S/C97H60N8S3/c1-58-36-42-67(43-37-58)104-80-32-16-14-28-70(80)74-52-63(38-46-81(74)104)66-41-51-88-79(55-66)91-73(97-102-94(61-24-10-4-11-25-61)99-95(103-97)62-26-12-5-13-27-62)31-19-35-89(91)108(88)69-45-48-83-76(57-69)75-53-64(39-47-82(75)105(83)68-44-50-85-77(56-68)71-29-15-17-33-84(71)106-85)65-40-49-86-78(54-65)90-72(30-18-34-87(90)107-86)96-100-92(59-20-6-2-7-21-59)98-93(101-96)60-22-8-3-9-23-60/h2-57,108H,1H3. The molecule has 0 amide bonds. The number of nitrogens with zero attached hydrogens (tertiary/aromatic N) is 8. The first kappa shape index (κ1) is 62.1. The van der Waals surface area contributed by atoms with Crippen LogP contribution in [0.5, 0.6) is 0 Å². The fourth-order valence-corrected chi connectivity index (χ4v) is 21.2. The number of benzene rings is 15. The molecular formula is C97H60N8S3. The molecule has 108 heavy (non-hydrogen) atoms. The van der Waals surface area contributed by atoms with Crippen LogP contribution in [-0.4, -0.2) is 39.0 Å². The van der Waals surface area contributed by atoms with Gasteiger partial charge in [0, 0.05) is 122 Å². The number of aromatic nitrogens is 8. The summed E-state index contributed by atoms with van der Waals surface area (Å²) < 4.78 is 9.82. The van der Waals surface area contributed by atoms with E-state index in [1.54, 1.807) is 11.3 Å². The van der Waals surface area contributed by atoms with Gasteiger partial charge in [-0.1, -0.05) is 224 Å². The fourth-order valence-electron chi connectivity index (χ4n) is 16.4. The van der Waals surface area contributed by atoms with Crippen LogP contribution >= 0.6 is 33.6 Å². The van der Waals surface area contributed by atoms with E-state index in [4.69, 9.17) is 29.9 Å². The van der Waals surface area contributed by atoms with Crippen LogP contribution in [0.2, 0.25) is 0 Å². The van der Waals surface area contributed by atoms with Gasteiger partial charge in [-0.15, -0.1) is 22.7 Å². The summed E-state index contributed by atoms with van der Waals surface area (Å²) in [6, 6.07) is 123. The van der Waals surface area contributed by atoms with Crippen LogP contribution in [-0.2, 0) is 0 Å². The van der Waals surface area contributed by atoms with Crippen LogP contribution in [0.15, 0.2) is 354 Å². The van der Waals surface area contributed by atoms with E-state index >= 15 is 0 Å². The molecule has 0 N–H and O–H groups in total. The van der Waals surface area contributed by atoms with Crippen molar-refractivity contribution in [1.29, 1.82) is 0 Å². The second kappa shape index (κ2) is 24.9. The predicted molar refractivity (Wildman–Crippen MR) is 452 cm³/mol. The van der Waals surface area contributed by atoms with Gasteiger partial charge in [0.05, 0.1) is 22.1 Å². The number of rotatable bonds is 11. The molecule has 7 heterocycles. The van der Waals surface area contributed by atoms with E-state index in [-0.39, 0.29) is 0 Å². The first-order valence-electron chi connectivity index (χ1n) is 36.3. The van der Waals surface area contributed by atoms with E-state index < -0.39 is 10.9 Å². The van der Waals surface area contributed by atoms with E-state index in [1.165, 1.54) is 88.0 Å². The highest BCUT2D eigenvalue weighted by atomic mass is 32.2. The van der Waals surface area contributed by atoms with Crippen LogP contribution in [0.25, 0.3) is 197 Å². The molecule has 0 aliphatic carbocycles. The first-order chi connectivity index (χ1) is 53.4. The molecule has 15 aromatic carbocycles. The van der Waals surface area contributed by atoms with Crippen molar-refractivity contribution in [2.45, 2.75) is 21.6 Å². The fraction of sp³-hybridized carbons (Fsp3) is 0.0103. The van der Waals surface area contributed by atoms with Gasteiger partial charge in [-0.3, -0.25) is 0 Å². The molecule has 22 rings (SSSR count). The summed E-state index contributed by atoms with van der Waals surface area (Å²) in [5.74, 6) is 3.79. The molecule has 0 bridgehead atoms. The van der Waals surface area contributed by atoms with E-state index in [0.717, 1.165) is 94.4 Å². The Kier molecular flexibility index (Phi) is 14.3. The Bertz CT molecular complexity index is 7130. The van der Waals surface area contributed by atoms with E-state index in [2.05, 4.69) is 283 Å². The minimum Gasteiger partial charge on any atom is -0.309 e. The maximum atomic E-state index is 5.44. The van der Waals surface area contributed by atoms with Crippen LogP contribution in [0.3, 0.4) is 0 Å². The van der Waals surface area contributed by atoms with Crippen molar-refractivity contribution in [1.82, 2.24) is 39.0 Å². The van der Waals surface area contributed by atoms with Crippen LogP contribution in [0.4, 0.5) is 0 Å². The first-order valence-corrected chi connectivity index (χ1v) is 39.3. The number of hydrogen-bond donors (Lipinski definition) is 1. The van der Waals surface area contributed by atoms with Crippen molar-refractivity contribution in [2.24, 2.45) is 0 Å². The van der Waals surface area contributed by atoms with Gasteiger partial charge in [0.15, 0.2) is 34.9 Å². The Morgan fingerprint density at radius 1 is 0.250 bits per heavy atom. The number of para-hydroxylation sites is 1. The molecule has 8 nitrogen and oxygen atoms in total. The molecule has 0 radical (unpaired) electrons. The normalized spacial score (nSPS) is 13.1. The lowest BCUT2D eigenvalue weighted by atomic mass is 9.95. The second-order valence-corrected chi connectivity index (χ2v) is 32.1. The summed E-state index contributed by atoms with van der Waals surface area (Å²) in [6.07, 6.45) is 0. The smallest absolute Gasteiger partial charge is 0.164 e. The average Bonchev–Trinajstić information content (AvgIpc) is 1.56. The maximum absolute atomic E-state index is 5.44. The topological polar surface area (TPSA) is 87.2 Å². The third kappa shape index (κ3) is 10.2. The molecule has 1 atom stereocenters. The van der Waals surface area contributed by atoms with Crippen LogP contribution in [0, 0.1) is 6.92 Å². The third-order valence-corrected chi connectivity index (χ3v) is 26.2. The van der Waals surface area contributed by atoms with Crippen LogP contribution in [0.1, 0.15) is 5.56 Å². The summed E-state index contributed by atoms with van der Waals surface area (Å²) in [5.41, 5.74) is 20.6. The average molecular weight is 1430 g/mol. The van der Waals surface area contributed by atoms with Gasteiger partial charge in [0.2, 0.25) is 0 Å². The van der Waals surface area contributed by atoms with Gasteiger partial charge in [-0.05, 0) is 161 Å². The number of aryl methyl sites for hydroxylation is 1. The van der Waals surface area contributed by atoms with Crippen molar-refractivity contribution in [3.8, 4) is 113 Å². The lowest BCUT2D eigenvalue weighted by Crippen LogP contribution is -2.01. The van der Waals surface area contributed by atoms with Crippen LogP contribution < -0.4 is 0 Å². The van der Waals surface area contributed by atoms with Crippen molar-refractivity contribution in [2.75, 3.05) is 0 Å². The number of thiophene rings is 2. The van der Waals surface area contributed by atoms with Gasteiger partial charge < -0.3 is 9.13 Å². The van der Waals surface area contributed by atoms with Crippen molar-refractivity contribution < 1.29 is 0 Å². The number of thiol groups is 1. The Hall–Kier alpha value is -13.3. The number of hydrogen-bond acceptors (Lipinski definition) is 8. The zero-order chi connectivity index (χ0) is 71.1. The second-order valence-electron chi connectivity index (χ2n) is 27.8. The van der Waals surface area contributed by atoms with Crippen molar-refractivity contribution >= 4 is 118 Å². The third-order valence-electron chi connectivity index (χ3n) is 21.4. The van der Waals surface area contributed by atoms with E-state index in [0.29, 0.717) is 34.9 Å². The molecular weight excluding hydrogens is 1370 g/mol. The van der Waals surface area contributed by atoms with E-state index in [1.807, 2.05) is 84.1 Å². The summed E-state index contributed by atoms with van der Waals surface area (Å²) >= 11 is 3.65. The van der Waals surface area contributed by atoms with Gasteiger partial charge in [-0.25, -0.2) is 29.9 Å². The minimum atomic E-state index is -1.18. The molecule has 0 saturated carbocycles. The van der Waals surface area contributed by atoms with Gasteiger partial charge in [0.1, 0.15) is 0 Å². The molecule has 6 aromatic heterocycles. The largest absolute Gasteiger partial charge is 0.309 e. The van der Waals surface area contributed by atoms with Crippen molar-refractivity contribution in [3.05, 3.63) is 345 Å². The molecule has 0 spiro atoms. The Morgan fingerprint density at radius 3 is 1.33 bits per heavy atom. The van der Waals surface area contributed by atoms with E-state index in [9.17, 15) is 0 Å². The maximum Gasteiger partial charge on any atom is 0.164 e. The molecule has 1 aliphatic heterocycles. The highest BCUT2D eigenvalue weighted by molar-refractivity contribution is 8.17. The molecule has 1 unspecified atom stereocenters. The Balaban J connectivity index is 0.742. The Labute approximate surface area is 631 Å². The number of fused-ring (bicyclic) bond motifs is 15. The highest BCUT2D eigenvalue weighted by Crippen LogP contribution is 2.65. The summed E-state index contributed by atoms with van der Waals surface area (Å²) in [7, 11) is -1.18. The SMILES string of the molecule is Cc1ccc(-n2c3ccccc3c3cc(-c4ccc5c(c4)-c4c(-c6nc(-c7ccccc7)nc(-c7ccccc7)n6)cccc4[SH]5c4ccc5c(c4)c4cc(-c6ccc7sc8cccc(-c9nc(-c%10ccccc%10)nc(-c%10ccccc%10)n9)c8c7c6)ccc4n5-c4ccc5sc6ccccc6c5c4)ccc32)cc1. The van der Waals surface area contributed by atoms with Gasteiger partial charge in [-0.2, -0.15) is 10.9 Å². The quantitative estimate of drug-likeness (QED) is 0.130. The minimum absolute atomic E-state index is 0.625.